The molecule has 0 aromatic heterocycles. The smallest absolute Gasteiger partial charge is 0.0218 e. The molecule has 18 heavy (non-hydrogen) atoms. The Morgan fingerprint density at radius 1 is 0.778 bits per heavy atom. The highest BCUT2D eigenvalue weighted by molar-refractivity contribution is 4.75. The lowest BCUT2D eigenvalue weighted by Gasteiger charge is -2.34. The third kappa shape index (κ3) is 8.93. The van der Waals surface area contributed by atoms with Gasteiger partial charge in [-0.3, -0.25) is 4.90 Å². The van der Waals surface area contributed by atoms with Gasteiger partial charge in [-0.25, -0.2) is 0 Å². The number of hydrogen-bond acceptors (Lipinski definition) is 2. The molecule has 0 fully saturated rings. The van der Waals surface area contributed by atoms with Crippen LogP contribution in [-0.4, -0.2) is 37.1 Å². The normalized spacial score (nSPS) is 14.2. The number of hydrogen-bond donors (Lipinski definition) is 1. The van der Waals surface area contributed by atoms with Crippen LogP contribution in [0.15, 0.2) is 0 Å². The first kappa shape index (κ1) is 17.9. The summed E-state index contributed by atoms with van der Waals surface area (Å²) in [6.07, 6.45) is 1.24. The zero-order chi connectivity index (χ0) is 14.1. The van der Waals surface area contributed by atoms with E-state index in [1.807, 2.05) is 0 Å². The second kappa shape index (κ2) is 9.80. The van der Waals surface area contributed by atoms with E-state index in [9.17, 15) is 0 Å². The maximum atomic E-state index is 3.62. The summed E-state index contributed by atoms with van der Waals surface area (Å²) in [6.45, 7) is 20.9. The Morgan fingerprint density at radius 2 is 1.28 bits per heavy atom. The SMILES string of the molecule is CCC(CNCC(C)C)N(CC(C)C)CC(C)C. The Balaban J connectivity index is 4.30. The van der Waals surface area contributed by atoms with Gasteiger partial charge in [0.05, 0.1) is 0 Å². The van der Waals surface area contributed by atoms with Crippen LogP contribution < -0.4 is 5.32 Å². The minimum atomic E-state index is 0.688. The maximum absolute atomic E-state index is 3.62. The molecule has 0 aliphatic rings. The van der Waals surface area contributed by atoms with Crippen LogP contribution in [0, 0.1) is 17.8 Å². The lowest BCUT2D eigenvalue weighted by Crippen LogP contribution is -2.45. The number of nitrogens with zero attached hydrogens (tertiary/aromatic N) is 1. The molecule has 0 amide bonds. The molecular weight excluding hydrogens is 220 g/mol. The number of nitrogens with one attached hydrogen (secondary N) is 1. The highest BCUT2D eigenvalue weighted by Crippen LogP contribution is 2.11. The lowest BCUT2D eigenvalue weighted by molar-refractivity contribution is 0.148. The lowest BCUT2D eigenvalue weighted by atomic mass is 10.1. The van der Waals surface area contributed by atoms with E-state index in [0.717, 1.165) is 30.8 Å². The fraction of sp³-hybridized carbons (Fsp3) is 1.00. The van der Waals surface area contributed by atoms with Crippen LogP contribution >= 0.6 is 0 Å². The van der Waals surface area contributed by atoms with Crippen LogP contribution in [0.5, 0.6) is 0 Å². The molecule has 0 spiro atoms. The molecule has 0 heterocycles. The van der Waals surface area contributed by atoms with Crippen LogP contribution in [0.3, 0.4) is 0 Å². The first-order valence-electron chi connectivity index (χ1n) is 7.81. The summed E-state index contributed by atoms with van der Waals surface area (Å²) in [5, 5.41) is 3.62. The van der Waals surface area contributed by atoms with Crippen molar-refractivity contribution in [1.29, 1.82) is 0 Å². The summed E-state index contributed by atoms with van der Waals surface area (Å²) in [5.41, 5.74) is 0. The van der Waals surface area contributed by atoms with Crippen molar-refractivity contribution in [2.24, 2.45) is 17.8 Å². The highest BCUT2D eigenvalue weighted by Gasteiger charge is 2.18. The van der Waals surface area contributed by atoms with Gasteiger partial charge in [0, 0.05) is 25.7 Å². The molecule has 110 valence electrons. The predicted molar refractivity (Wildman–Crippen MR) is 83.0 cm³/mol. The summed E-state index contributed by atoms with van der Waals surface area (Å²) in [6, 6.07) is 0.688. The summed E-state index contributed by atoms with van der Waals surface area (Å²) >= 11 is 0. The van der Waals surface area contributed by atoms with E-state index < -0.39 is 0 Å². The molecule has 0 aromatic rings. The van der Waals surface area contributed by atoms with Gasteiger partial charge in [0.25, 0.3) is 0 Å². The van der Waals surface area contributed by atoms with E-state index in [1.165, 1.54) is 19.5 Å². The van der Waals surface area contributed by atoms with Gasteiger partial charge in [-0.15, -0.1) is 0 Å². The molecule has 0 bridgehead atoms. The van der Waals surface area contributed by atoms with Crippen LogP contribution in [0.1, 0.15) is 54.9 Å². The summed E-state index contributed by atoms with van der Waals surface area (Å²) in [4.78, 5) is 2.68. The molecule has 1 atom stereocenters. The van der Waals surface area contributed by atoms with E-state index in [4.69, 9.17) is 0 Å². The van der Waals surface area contributed by atoms with Crippen LogP contribution in [0.25, 0.3) is 0 Å². The maximum Gasteiger partial charge on any atom is 0.0218 e. The first-order valence-corrected chi connectivity index (χ1v) is 7.81. The van der Waals surface area contributed by atoms with E-state index in [2.05, 4.69) is 58.7 Å². The van der Waals surface area contributed by atoms with Gasteiger partial charge in [0.15, 0.2) is 0 Å². The topological polar surface area (TPSA) is 15.3 Å². The van der Waals surface area contributed by atoms with Crippen molar-refractivity contribution in [1.82, 2.24) is 10.2 Å². The van der Waals surface area contributed by atoms with Gasteiger partial charge >= 0.3 is 0 Å². The van der Waals surface area contributed by atoms with Crippen molar-refractivity contribution < 1.29 is 0 Å². The molecule has 0 rings (SSSR count). The van der Waals surface area contributed by atoms with Gasteiger partial charge < -0.3 is 5.32 Å². The minimum Gasteiger partial charge on any atom is -0.315 e. The van der Waals surface area contributed by atoms with Crippen molar-refractivity contribution >= 4 is 0 Å². The van der Waals surface area contributed by atoms with E-state index >= 15 is 0 Å². The molecule has 1 unspecified atom stereocenters. The standard InChI is InChI=1S/C16H36N2/c1-8-16(10-17-9-13(2)3)18(11-14(4)5)12-15(6)7/h13-17H,8-12H2,1-7H3. The van der Waals surface area contributed by atoms with Gasteiger partial charge in [0.1, 0.15) is 0 Å². The van der Waals surface area contributed by atoms with Crippen LogP contribution in [-0.2, 0) is 0 Å². The Hall–Kier alpha value is -0.0800. The molecule has 0 radical (unpaired) electrons. The van der Waals surface area contributed by atoms with E-state index in [-0.39, 0.29) is 0 Å². The summed E-state index contributed by atoms with van der Waals surface area (Å²) in [5.74, 6) is 2.25. The van der Waals surface area contributed by atoms with E-state index in [1.54, 1.807) is 0 Å². The average molecular weight is 256 g/mol. The van der Waals surface area contributed by atoms with Crippen LogP contribution in [0.2, 0.25) is 0 Å². The molecule has 0 aliphatic carbocycles. The molecule has 0 saturated heterocycles. The summed E-state index contributed by atoms with van der Waals surface area (Å²) < 4.78 is 0. The van der Waals surface area contributed by atoms with Gasteiger partial charge in [-0.1, -0.05) is 48.5 Å². The van der Waals surface area contributed by atoms with Crippen molar-refractivity contribution in [2.45, 2.75) is 60.9 Å². The molecule has 0 saturated carbocycles. The first-order chi connectivity index (χ1) is 8.36. The van der Waals surface area contributed by atoms with E-state index in [0.29, 0.717) is 6.04 Å². The summed E-state index contributed by atoms with van der Waals surface area (Å²) in [7, 11) is 0. The van der Waals surface area contributed by atoms with Crippen LogP contribution in [0.4, 0.5) is 0 Å². The second-order valence-electron chi connectivity index (χ2n) is 6.86. The largest absolute Gasteiger partial charge is 0.315 e. The fourth-order valence-corrected chi connectivity index (χ4v) is 2.38. The zero-order valence-electron chi connectivity index (χ0n) is 13.8. The zero-order valence-corrected chi connectivity index (χ0v) is 13.8. The highest BCUT2D eigenvalue weighted by atomic mass is 15.2. The van der Waals surface area contributed by atoms with Gasteiger partial charge in [0.2, 0.25) is 0 Å². The molecule has 0 aromatic carbocycles. The van der Waals surface area contributed by atoms with Crippen molar-refractivity contribution in [2.75, 3.05) is 26.2 Å². The van der Waals surface area contributed by atoms with Crippen molar-refractivity contribution in [3.63, 3.8) is 0 Å². The van der Waals surface area contributed by atoms with Gasteiger partial charge in [-0.2, -0.15) is 0 Å². The van der Waals surface area contributed by atoms with Crippen molar-refractivity contribution in [3.8, 4) is 0 Å². The monoisotopic (exact) mass is 256 g/mol. The quantitative estimate of drug-likeness (QED) is 0.642. The third-order valence-corrected chi connectivity index (χ3v) is 3.12. The Morgan fingerprint density at radius 3 is 1.61 bits per heavy atom. The Labute approximate surface area is 116 Å². The second-order valence-corrected chi connectivity index (χ2v) is 6.86. The Kier molecular flexibility index (Phi) is 9.76. The molecule has 0 aliphatic heterocycles. The minimum absolute atomic E-state index is 0.688. The fourth-order valence-electron chi connectivity index (χ4n) is 2.38. The molecular formula is C16H36N2. The van der Waals surface area contributed by atoms with Gasteiger partial charge in [-0.05, 0) is 30.7 Å². The predicted octanol–water partition coefficient (Wildman–Crippen LogP) is 3.62. The van der Waals surface area contributed by atoms with Crippen molar-refractivity contribution in [3.05, 3.63) is 0 Å². The third-order valence-electron chi connectivity index (χ3n) is 3.12. The molecule has 2 nitrogen and oxygen atoms in total. The Bertz CT molecular complexity index is 178. The molecule has 1 N–H and O–H groups in total. The number of rotatable bonds is 10. The molecule has 2 heteroatoms. The average Bonchev–Trinajstić information content (AvgIpc) is 2.21.